The van der Waals surface area contributed by atoms with E-state index in [0.717, 1.165) is 11.1 Å². The van der Waals surface area contributed by atoms with Gasteiger partial charge in [-0.2, -0.15) is 0 Å². The zero-order valence-electron chi connectivity index (χ0n) is 9.00. The number of aromatic nitrogens is 1. The summed E-state index contributed by atoms with van der Waals surface area (Å²) in [6.07, 6.45) is 1.84. The van der Waals surface area contributed by atoms with Crippen LogP contribution in [0, 0.1) is 0 Å². The van der Waals surface area contributed by atoms with Crippen molar-refractivity contribution >= 4 is 22.5 Å². The molecule has 2 aromatic rings. The molecule has 0 atom stereocenters. The Hall–Kier alpha value is -1.08. The van der Waals surface area contributed by atoms with E-state index in [1.165, 1.54) is 10.9 Å². The maximum Gasteiger partial charge on any atom is 0.0702 e. The van der Waals surface area contributed by atoms with E-state index in [2.05, 4.69) is 43.1 Å². The third-order valence-corrected chi connectivity index (χ3v) is 2.89. The molecule has 0 aliphatic heterocycles. The number of alkyl halides is 1. The topological polar surface area (TPSA) is 12.9 Å². The largest absolute Gasteiger partial charge is 0.256 e. The van der Waals surface area contributed by atoms with E-state index < -0.39 is 0 Å². The van der Waals surface area contributed by atoms with Crippen LogP contribution in [-0.4, -0.2) is 4.98 Å². The van der Waals surface area contributed by atoms with Crippen LogP contribution in [0.1, 0.15) is 30.9 Å². The van der Waals surface area contributed by atoms with Crippen LogP contribution in [0.4, 0.5) is 0 Å². The van der Waals surface area contributed by atoms with Gasteiger partial charge in [0.1, 0.15) is 0 Å². The molecule has 0 N–H and O–H groups in total. The van der Waals surface area contributed by atoms with Crippen molar-refractivity contribution in [1.29, 1.82) is 0 Å². The molecule has 1 heterocycles. The van der Waals surface area contributed by atoms with Gasteiger partial charge in [0.25, 0.3) is 0 Å². The van der Waals surface area contributed by atoms with Crippen molar-refractivity contribution in [2.75, 3.05) is 0 Å². The lowest BCUT2D eigenvalue weighted by molar-refractivity contribution is 0.868. The predicted molar refractivity (Wildman–Crippen MR) is 65.4 cm³/mol. The normalized spacial score (nSPS) is 11.2. The predicted octanol–water partition coefficient (Wildman–Crippen LogP) is 4.10. The highest BCUT2D eigenvalue weighted by atomic mass is 35.5. The van der Waals surface area contributed by atoms with Crippen LogP contribution in [0.2, 0.25) is 0 Å². The zero-order chi connectivity index (χ0) is 10.8. The van der Waals surface area contributed by atoms with Crippen LogP contribution in [-0.2, 0) is 5.88 Å². The Morgan fingerprint density at radius 2 is 2.07 bits per heavy atom. The second-order valence-corrected chi connectivity index (χ2v) is 4.35. The minimum Gasteiger partial charge on any atom is -0.256 e. The fourth-order valence-electron chi connectivity index (χ4n) is 1.63. The number of hydrogen-bond donors (Lipinski definition) is 0. The molecule has 1 nitrogen and oxygen atoms in total. The van der Waals surface area contributed by atoms with Crippen LogP contribution >= 0.6 is 11.6 Å². The Bertz CT molecular complexity index is 477. The highest BCUT2D eigenvalue weighted by Crippen LogP contribution is 2.21. The van der Waals surface area contributed by atoms with Gasteiger partial charge in [-0.1, -0.05) is 19.9 Å². The molecule has 0 aliphatic rings. The Kier molecular flexibility index (Phi) is 2.92. The second-order valence-electron chi connectivity index (χ2n) is 4.08. The summed E-state index contributed by atoms with van der Waals surface area (Å²) in [5.41, 5.74) is 3.45. The van der Waals surface area contributed by atoms with Crippen molar-refractivity contribution in [2.45, 2.75) is 25.6 Å². The summed E-state index contributed by atoms with van der Waals surface area (Å²) >= 11 is 5.79. The number of pyridine rings is 1. The van der Waals surface area contributed by atoms with Crippen molar-refractivity contribution in [3.63, 3.8) is 0 Å². The molecule has 2 heteroatoms. The van der Waals surface area contributed by atoms with E-state index in [1.54, 1.807) is 0 Å². The van der Waals surface area contributed by atoms with Crippen molar-refractivity contribution in [2.24, 2.45) is 0 Å². The minimum atomic E-state index is 0.523. The first-order valence-corrected chi connectivity index (χ1v) is 5.68. The Balaban J connectivity index is 2.57. The van der Waals surface area contributed by atoms with Crippen molar-refractivity contribution in [3.05, 3.63) is 41.6 Å². The van der Waals surface area contributed by atoms with Gasteiger partial charge in [-0.25, -0.2) is 0 Å². The number of fused-ring (bicyclic) bond motifs is 1. The van der Waals surface area contributed by atoms with Crippen LogP contribution in [0.5, 0.6) is 0 Å². The average molecular weight is 220 g/mol. The fraction of sp³-hybridized carbons (Fsp3) is 0.308. The van der Waals surface area contributed by atoms with E-state index in [4.69, 9.17) is 11.6 Å². The monoisotopic (exact) mass is 219 g/mol. The molecule has 0 radical (unpaired) electrons. The Morgan fingerprint density at radius 1 is 1.27 bits per heavy atom. The maximum atomic E-state index is 5.79. The molecule has 0 aliphatic carbocycles. The number of hydrogen-bond acceptors (Lipinski definition) is 1. The smallest absolute Gasteiger partial charge is 0.0702 e. The van der Waals surface area contributed by atoms with Gasteiger partial charge >= 0.3 is 0 Å². The number of rotatable bonds is 2. The molecule has 0 amide bonds. The highest BCUT2D eigenvalue weighted by Gasteiger charge is 2.02. The summed E-state index contributed by atoms with van der Waals surface area (Å²) in [6.45, 7) is 4.39. The summed E-state index contributed by atoms with van der Waals surface area (Å²) < 4.78 is 0. The first kappa shape index (κ1) is 10.4. The molecule has 0 fully saturated rings. The van der Waals surface area contributed by atoms with Gasteiger partial charge in [0.15, 0.2) is 0 Å². The highest BCUT2D eigenvalue weighted by molar-refractivity contribution is 6.17. The van der Waals surface area contributed by atoms with Crippen LogP contribution in [0.25, 0.3) is 10.9 Å². The molecule has 15 heavy (non-hydrogen) atoms. The van der Waals surface area contributed by atoms with Gasteiger partial charge < -0.3 is 0 Å². The van der Waals surface area contributed by atoms with Gasteiger partial charge in [-0.3, -0.25) is 4.98 Å². The number of nitrogens with zero attached hydrogens (tertiary/aromatic N) is 1. The Labute approximate surface area is 95.1 Å². The third kappa shape index (κ3) is 2.13. The maximum absolute atomic E-state index is 5.79. The van der Waals surface area contributed by atoms with E-state index in [-0.39, 0.29) is 0 Å². The molecule has 0 bridgehead atoms. The summed E-state index contributed by atoms with van der Waals surface area (Å²) in [7, 11) is 0. The number of halogens is 1. The van der Waals surface area contributed by atoms with Gasteiger partial charge in [0, 0.05) is 17.5 Å². The molecular formula is C13H14ClN. The van der Waals surface area contributed by atoms with Crippen molar-refractivity contribution in [1.82, 2.24) is 4.98 Å². The molecule has 0 unspecified atom stereocenters. The summed E-state index contributed by atoms with van der Waals surface area (Å²) in [5, 5.41) is 1.18. The Morgan fingerprint density at radius 3 is 2.73 bits per heavy atom. The molecule has 2 rings (SSSR count). The molecule has 1 aromatic heterocycles. The molecule has 0 spiro atoms. The van der Waals surface area contributed by atoms with Gasteiger partial charge in [-0.05, 0) is 35.2 Å². The first-order valence-electron chi connectivity index (χ1n) is 5.15. The van der Waals surface area contributed by atoms with Crippen molar-refractivity contribution in [3.8, 4) is 0 Å². The molecule has 0 saturated heterocycles. The second kappa shape index (κ2) is 4.19. The lowest BCUT2D eigenvalue weighted by Crippen LogP contribution is -1.89. The van der Waals surface area contributed by atoms with Crippen LogP contribution < -0.4 is 0 Å². The zero-order valence-corrected chi connectivity index (χ0v) is 9.75. The third-order valence-electron chi connectivity index (χ3n) is 2.58. The van der Waals surface area contributed by atoms with E-state index in [0.29, 0.717) is 11.8 Å². The molecule has 1 aromatic carbocycles. The first-order chi connectivity index (χ1) is 7.20. The van der Waals surface area contributed by atoms with Gasteiger partial charge in [0.2, 0.25) is 0 Å². The molecular weight excluding hydrogens is 206 g/mol. The van der Waals surface area contributed by atoms with Gasteiger partial charge in [-0.15, -0.1) is 11.6 Å². The summed E-state index contributed by atoms with van der Waals surface area (Å²) in [4.78, 5) is 4.37. The van der Waals surface area contributed by atoms with Crippen LogP contribution in [0.3, 0.4) is 0 Å². The quantitative estimate of drug-likeness (QED) is 0.694. The standard InChI is InChI=1S/C13H14ClN/c1-9(2)11-3-4-13-12(6-11)5-10(7-14)8-15-13/h3-6,8-9H,7H2,1-2H3. The van der Waals surface area contributed by atoms with E-state index in [9.17, 15) is 0 Å². The number of benzene rings is 1. The average Bonchev–Trinajstić information content (AvgIpc) is 2.27. The van der Waals surface area contributed by atoms with E-state index >= 15 is 0 Å². The minimum absolute atomic E-state index is 0.523. The fourth-order valence-corrected chi connectivity index (χ4v) is 1.77. The molecule has 78 valence electrons. The van der Waals surface area contributed by atoms with E-state index in [1.807, 2.05) is 6.20 Å². The summed E-state index contributed by atoms with van der Waals surface area (Å²) in [6, 6.07) is 8.52. The van der Waals surface area contributed by atoms with Gasteiger partial charge in [0.05, 0.1) is 5.52 Å². The lowest BCUT2D eigenvalue weighted by Gasteiger charge is -2.07. The molecule has 0 saturated carbocycles. The van der Waals surface area contributed by atoms with Crippen LogP contribution in [0.15, 0.2) is 30.5 Å². The van der Waals surface area contributed by atoms with Crippen molar-refractivity contribution < 1.29 is 0 Å². The lowest BCUT2D eigenvalue weighted by atomic mass is 10.0. The summed E-state index contributed by atoms with van der Waals surface area (Å²) in [5.74, 6) is 1.07. The SMILES string of the molecule is CC(C)c1ccc2ncc(CCl)cc2c1.